The first-order valence-electron chi connectivity index (χ1n) is 7.26. The lowest BCUT2D eigenvalue weighted by Gasteiger charge is -2.26. The molecule has 2 atom stereocenters. The largest absolute Gasteiger partial charge is 0.491 e. The smallest absolute Gasteiger partial charge is 0.124 e. The van der Waals surface area contributed by atoms with E-state index in [9.17, 15) is 0 Å². The van der Waals surface area contributed by atoms with Crippen molar-refractivity contribution in [2.24, 2.45) is 11.7 Å². The first kappa shape index (κ1) is 14.4. The molecule has 1 saturated carbocycles. The summed E-state index contributed by atoms with van der Waals surface area (Å²) in [5.41, 5.74) is 7.49. The molecule has 0 bridgehead atoms. The number of benzene rings is 1. The highest BCUT2D eigenvalue weighted by Crippen LogP contribution is 2.40. The average molecular weight is 263 g/mol. The molecular formula is C16H25NO2. The van der Waals surface area contributed by atoms with Crippen LogP contribution in [0.4, 0.5) is 0 Å². The molecule has 0 saturated heterocycles. The molecule has 106 valence electrons. The third-order valence-corrected chi connectivity index (χ3v) is 3.44. The van der Waals surface area contributed by atoms with E-state index in [1.807, 2.05) is 39.0 Å². The lowest BCUT2D eigenvalue weighted by molar-refractivity contribution is 0.0274. The number of ether oxygens (including phenoxy) is 2. The molecule has 1 aliphatic rings. The molecule has 0 heterocycles. The summed E-state index contributed by atoms with van der Waals surface area (Å²) in [5.74, 6) is 1.50. The summed E-state index contributed by atoms with van der Waals surface area (Å²) in [7, 11) is 0. The van der Waals surface area contributed by atoms with Gasteiger partial charge in [-0.05, 0) is 45.6 Å². The highest BCUT2D eigenvalue weighted by atomic mass is 16.5. The van der Waals surface area contributed by atoms with Crippen LogP contribution in [0.5, 0.6) is 5.75 Å². The van der Waals surface area contributed by atoms with Crippen LogP contribution in [0.2, 0.25) is 0 Å². The fourth-order valence-corrected chi connectivity index (χ4v) is 2.44. The molecule has 2 rings (SSSR count). The normalized spacial score (nSPS) is 18.4. The standard InChI is InChI=1S/C16H25NO2/c1-4-18-16(12-9-10-12)15(17)13-7-5-6-8-14(13)19-11(2)3/h5-8,11-12,15-16H,4,9-10,17H2,1-3H3. The Morgan fingerprint density at radius 2 is 1.95 bits per heavy atom. The Morgan fingerprint density at radius 3 is 2.53 bits per heavy atom. The quantitative estimate of drug-likeness (QED) is 0.821. The van der Waals surface area contributed by atoms with Crippen molar-refractivity contribution in [3.05, 3.63) is 29.8 Å². The topological polar surface area (TPSA) is 44.5 Å². The summed E-state index contributed by atoms with van der Waals surface area (Å²) in [4.78, 5) is 0. The van der Waals surface area contributed by atoms with Gasteiger partial charge in [0, 0.05) is 12.2 Å². The number of hydrogen-bond acceptors (Lipinski definition) is 3. The summed E-state index contributed by atoms with van der Waals surface area (Å²) in [6.07, 6.45) is 2.72. The van der Waals surface area contributed by atoms with Crippen LogP contribution in [0.1, 0.15) is 45.2 Å². The second-order valence-corrected chi connectivity index (χ2v) is 5.49. The van der Waals surface area contributed by atoms with Crippen LogP contribution in [0.3, 0.4) is 0 Å². The summed E-state index contributed by atoms with van der Waals surface area (Å²) < 4.78 is 11.7. The van der Waals surface area contributed by atoms with Gasteiger partial charge in [-0.3, -0.25) is 0 Å². The Labute approximate surface area is 116 Å². The van der Waals surface area contributed by atoms with Gasteiger partial charge < -0.3 is 15.2 Å². The molecule has 0 aromatic heterocycles. The molecule has 0 amide bonds. The Balaban J connectivity index is 2.18. The maximum atomic E-state index is 6.44. The maximum absolute atomic E-state index is 6.44. The lowest BCUT2D eigenvalue weighted by Crippen LogP contribution is -2.31. The minimum Gasteiger partial charge on any atom is -0.491 e. The van der Waals surface area contributed by atoms with Gasteiger partial charge in [0.05, 0.1) is 18.2 Å². The Hall–Kier alpha value is -1.06. The third kappa shape index (κ3) is 3.71. The summed E-state index contributed by atoms with van der Waals surface area (Å²) in [5, 5.41) is 0. The summed E-state index contributed by atoms with van der Waals surface area (Å²) in [6, 6.07) is 7.93. The van der Waals surface area contributed by atoms with Crippen LogP contribution in [-0.2, 0) is 4.74 Å². The van der Waals surface area contributed by atoms with Gasteiger partial charge in [0.2, 0.25) is 0 Å². The van der Waals surface area contributed by atoms with E-state index >= 15 is 0 Å². The SMILES string of the molecule is CCOC(C1CC1)C(N)c1ccccc1OC(C)C. The van der Waals surface area contributed by atoms with Crippen LogP contribution >= 0.6 is 0 Å². The first-order chi connectivity index (χ1) is 9.13. The highest BCUT2D eigenvalue weighted by Gasteiger charge is 2.37. The van der Waals surface area contributed by atoms with Crippen LogP contribution in [0.15, 0.2) is 24.3 Å². The molecule has 3 heteroatoms. The van der Waals surface area contributed by atoms with E-state index in [1.165, 1.54) is 12.8 Å². The minimum atomic E-state index is -0.109. The third-order valence-electron chi connectivity index (χ3n) is 3.44. The molecule has 3 nitrogen and oxygen atoms in total. The number of para-hydroxylation sites is 1. The molecule has 2 unspecified atom stereocenters. The van der Waals surface area contributed by atoms with Crippen LogP contribution < -0.4 is 10.5 Å². The van der Waals surface area contributed by atoms with Crippen molar-refractivity contribution in [2.45, 2.75) is 51.9 Å². The van der Waals surface area contributed by atoms with Crippen molar-refractivity contribution < 1.29 is 9.47 Å². The molecule has 1 aromatic carbocycles. The van der Waals surface area contributed by atoms with Gasteiger partial charge in [0.1, 0.15) is 5.75 Å². The van der Waals surface area contributed by atoms with Gasteiger partial charge in [-0.25, -0.2) is 0 Å². The van der Waals surface area contributed by atoms with E-state index in [2.05, 4.69) is 6.07 Å². The number of nitrogens with two attached hydrogens (primary N) is 1. The molecule has 1 fully saturated rings. The van der Waals surface area contributed by atoms with Crippen LogP contribution in [0.25, 0.3) is 0 Å². The van der Waals surface area contributed by atoms with Gasteiger partial charge >= 0.3 is 0 Å². The van der Waals surface area contributed by atoms with Gasteiger partial charge in [-0.2, -0.15) is 0 Å². The van der Waals surface area contributed by atoms with Gasteiger partial charge in [-0.15, -0.1) is 0 Å². The van der Waals surface area contributed by atoms with Crippen molar-refractivity contribution >= 4 is 0 Å². The molecule has 2 N–H and O–H groups in total. The van der Waals surface area contributed by atoms with Crippen molar-refractivity contribution in [2.75, 3.05) is 6.61 Å². The zero-order valence-electron chi connectivity index (χ0n) is 12.1. The van der Waals surface area contributed by atoms with E-state index < -0.39 is 0 Å². The maximum Gasteiger partial charge on any atom is 0.124 e. The summed E-state index contributed by atoms with van der Waals surface area (Å²) in [6.45, 7) is 6.80. The van der Waals surface area contributed by atoms with E-state index in [0.29, 0.717) is 12.5 Å². The van der Waals surface area contributed by atoms with Crippen molar-refractivity contribution in [1.82, 2.24) is 0 Å². The molecular weight excluding hydrogens is 238 g/mol. The number of hydrogen-bond donors (Lipinski definition) is 1. The van der Waals surface area contributed by atoms with Gasteiger partial charge in [0.15, 0.2) is 0 Å². The second kappa shape index (κ2) is 6.40. The molecule has 0 aliphatic heterocycles. The Bertz CT molecular complexity index is 401. The van der Waals surface area contributed by atoms with Crippen molar-refractivity contribution in [3.63, 3.8) is 0 Å². The molecule has 0 spiro atoms. The first-order valence-corrected chi connectivity index (χ1v) is 7.26. The zero-order valence-corrected chi connectivity index (χ0v) is 12.1. The van der Waals surface area contributed by atoms with Crippen molar-refractivity contribution in [3.8, 4) is 5.75 Å². The minimum absolute atomic E-state index is 0.109. The van der Waals surface area contributed by atoms with Gasteiger partial charge in [-0.1, -0.05) is 18.2 Å². The average Bonchev–Trinajstić information content (AvgIpc) is 3.19. The van der Waals surface area contributed by atoms with Crippen LogP contribution in [-0.4, -0.2) is 18.8 Å². The lowest BCUT2D eigenvalue weighted by atomic mass is 9.98. The Morgan fingerprint density at radius 1 is 1.26 bits per heavy atom. The molecule has 1 aliphatic carbocycles. The number of rotatable bonds is 7. The van der Waals surface area contributed by atoms with E-state index in [0.717, 1.165) is 11.3 Å². The molecule has 0 radical (unpaired) electrons. The van der Waals surface area contributed by atoms with Crippen molar-refractivity contribution in [1.29, 1.82) is 0 Å². The Kier molecular flexibility index (Phi) is 4.83. The fraction of sp³-hybridized carbons (Fsp3) is 0.625. The summed E-state index contributed by atoms with van der Waals surface area (Å²) >= 11 is 0. The predicted molar refractivity (Wildman–Crippen MR) is 77.3 cm³/mol. The van der Waals surface area contributed by atoms with Crippen LogP contribution in [0, 0.1) is 5.92 Å². The van der Waals surface area contributed by atoms with E-state index in [-0.39, 0.29) is 18.2 Å². The molecule has 19 heavy (non-hydrogen) atoms. The molecule has 1 aromatic rings. The zero-order chi connectivity index (χ0) is 13.8. The highest BCUT2D eigenvalue weighted by molar-refractivity contribution is 5.36. The van der Waals surface area contributed by atoms with Gasteiger partial charge in [0.25, 0.3) is 0 Å². The second-order valence-electron chi connectivity index (χ2n) is 5.49. The monoisotopic (exact) mass is 263 g/mol. The van der Waals surface area contributed by atoms with E-state index in [1.54, 1.807) is 0 Å². The van der Waals surface area contributed by atoms with E-state index in [4.69, 9.17) is 15.2 Å². The fourth-order valence-electron chi connectivity index (χ4n) is 2.44. The predicted octanol–water partition coefficient (Wildman–Crippen LogP) is 3.29.